The van der Waals surface area contributed by atoms with Gasteiger partial charge in [-0.1, -0.05) is 6.92 Å². The van der Waals surface area contributed by atoms with Crippen LogP contribution in [0, 0.1) is 12.8 Å². The van der Waals surface area contributed by atoms with Crippen LogP contribution in [0.25, 0.3) is 0 Å². The van der Waals surface area contributed by atoms with Crippen LogP contribution in [-0.4, -0.2) is 42.1 Å². The van der Waals surface area contributed by atoms with Gasteiger partial charge in [-0.25, -0.2) is 9.97 Å². The predicted molar refractivity (Wildman–Crippen MR) is 115 cm³/mol. The molecule has 28 heavy (non-hydrogen) atoms. The quantitative estimate of drug-likeness (QED) is 0.815. The summed E-state index contributed by atoms with van der Waals surface area (Å²) in [6, 6.07) is 7.80. The third-order valence-electron chi connectivity index (χ3n) is 5.53. The van der Waals surface area contributed by atoms with Crippen molar-refractivity contribution in [2.45, 2.75) is 40.5 Å². The van der Waals surface area contributed by atoms with Crippen molar-refractivity contribution in [3.8, 4) is 0 Å². The molecule has 1 N–H and O–H groups in total. The van der Waals surface area contributed by atoms with Gasteiger partial charge in [-0.2, -0.15) is 0 Å². The van der Waals surface area contributed by atoms with Crippen molar-refractivity contribution >= 4 is 23.2 Å². The van der Waals surface area contributed by atoms with Gasteiger partial charge < -0.3 is 15.1 Å². The minimum atomic E-state index is -0.201. The van der Waals surface area contributed by atoms with Crippen LogP contribution in [0.1, 0.15) is 49.7 Å². The molecule has 6 nitrogen and oxygen atoms in total. The van der Waals surface area contributed by atoms with Gasteiger partial charge >= 0.3 is 0 Å². The second kappa shape index (κ2) is 9.04. The van der Waals surface area contributed by atoms with Crippen LogP contribution >= 0.6 is 0 Å². The van der Waals surface area contributed by atoms with Crippen molar-refractivity contribution in [3.63, 3.8) is 0 Å². The van der Waals surface area contributed by atoms with Crippen molar-refractivity contribution in [1.82, 2.24) is 9.97 Å². The van der Waals surface area contributed by atoms with E-state index >= 15 is 0 Å². The number of anilines is 3. The van der Waals surface area contributed by atoms with Gasteiger partial charge in [0.2, 0.25) is 5.95 Å². The van der Waals surface area contributed by atoms with Crippen LogP contribution in [0.5, 0.6) is 0 Å². The normalized spacial score (nSPS) is 14.8. The molecule has 0 unspecified atom stereocenters. The average Bonchev–Trinajstić information content (AvgIpc) is 2.71. The molecular formula is C22H31N5O. The molecule has 6 heteroatoms. The van der Waals surface area contributed by atoms with Gasteiger partial charge in [-0.05, 0) is 69.4 Å². The summed E-state index contributed by atoms with van der Waals surface area (Å²) in [5, 5.41) is 3.00. The first-order valence-corrected chi connectivity index (χ1v) is 10.3. The third kappa shape index (κ3) is 4.61. The van der Waals surface area contributed by atoms with Crippen LogP contribution in [-0.2, 0) is 0 Å². The van der Waals surface area contributed by atoms with Crippen molar-refractivity contribution < 1.29 is 4.79 Å². The Morgan fingerprint density at radius 3 is 2.57 bits per heavy atom. The molecule has 1 aromatic heterocycles. The fraction of sp³-hybridized carbons (Fsp3) is 0.500. The SMILES string of the molecule is CCN(CC)c1ccc(NC(=O)c2ccnc(N3CCC(C)CC3)n2)c(C)c1. The van der Waals surface area contributed by atoms with E-state index < -0.39 is 0 Å². The number of hydrogen-bond acceptors (Lipinski definition) is 5. The van der Waals surface area contributed by atoms with Crippen LogP contribution < -0.4 is 15.1 Å². The molecule has 1 aliphatic heterocycles. The summed E-state index contributed by atoms with van der Waals surface area (Å²) in [4.78, 5) is 26.1. The summed E-state index contributed by atoms with van der Waals surface area (Å²) in [5.74, 6) is 1.19. The molecule has 0 spiro atoms. The Bertz CT molecular complexity index is 810. The van der Waals surface area contributed by atoms with Gasteiger partial charge in [-0.15, -0.1) is 0 Å². The highest BCUT2D eigenvalue weighted by atomic mass is 16.1. The van der Waals surface area contributed by atoms with E-state index in [1.807, 2.05) is 13.0 Å². The third-order valence-corrected chi connectivity index (χ3v) is 5.53. The van der Waals surface area contributed by atoms with Crippen molar-refractivity contribution in [1.29, 1.82) is 0 Å². The Hall–Kier alpha value is -2.63. The van der Waals surface area contributed by atoms with Gasteiger partial charge in [0.1, 0.15) is 5.69 Å². The maximum atomic E-state index is 12.8. The Labute approximate surface area is 168 Å². The first kappa shape index (κ1) is 20.1. The lowest BCUT2D eigenvalue weighted by atomic mass is 10.00. The molecular weight excluding hydrogens is 350 g/mol. The Kier molecular flexibility index (Phi) is 6.49. The zero-order chi connectivity index (χ0) is 20.1. The zero-order valence-corrected chi connectivity index (χ0v) is 17.4. The summed E-state index contributed by atoms with van der Waals surface area (Å²) in [5.41, 5.74) is 3.42. The monoisotopic (exact) mass is 381 g/mol. The smallest absolute Gasteiger partial charge is 0.274 e. The minimum Gasteiger partial charge on any atom is -0.372 e. The number of aromatic nitrogens is 2. The Morgan fingerprint density at radius 1 is 1.21 bits per heavy atom. The van der Waals surface area contributed by atoms with Gasteiger partial charge in [0.15, 0.2) is 0 Å². The van der Waals surface area contributed by atoms with Gasteiger partial charge in [0.05, 0.1) is 0 Å². The second-order valence-electron chi connectivity index (χ2n) is 7.54. The predicted octanol–water partition coefficient (Wildman–Crippen LogP) is 4.12. The van der Waals surface area contributed by atoms with Crippen molar-refractivity contribution in [2.24, 2.45) is 5.92 Å². The van der Waals surface area contributed by atoms with E-state index in [0.29, 0.717) is 11.6 Å². The lowest BCUT2D eigenvalue weighted by Gasteiger charge is -2.30. The second-order valence-corrected chi connectivity index (χ2v) is 7.54. The molecule has 1 fully saturated rings. The van der Waals surface area contributed by atoms with E-state index in [2.05, 4.69) is 58.0 Å². The van der Waals surface area contributed by atoms with Gasteiger partial charge in [0.25, 0.3) is 5.91 Å². The zero-order valence-electron chi connectivity index (χ0n) is 17.4. The van der Waals surface area contributed by atoms with E-state index in [1.54, 1.807) is 12.3 Å². The average molecular weight is 382 g/mol. The van der Waals surface area contributed by atoms with Gasteiger partial charge in [0, 0.05) is 43.8 Å². The summed E-state index contributed by atoms with van der Waals surface area (Å²) in [6.45, 7) is 12.4. The molecule has 1 aromatic carbocycles. The number of carbonyl (C=O) groups is 1. The maximum Gasteiger partial charge on any atom is 0.274 e. The minimum absolute atomic E-state index is 0.201. The number of nitrogens with one attached hydrogen (secondary N) is 1. The number of aryl methyl sites for hydroxylation is 1. The Balaban J connectivity index is 1.72. The van der Waals surface area contributed by atoms with Crippen LogP contribution in [0.3, 0.4) is 0 Å². The van der Waals surface area contributed by atoms with Gasteiger partial charge in [-0.3, -0.25) is 4.79 Å². The van der Waals surface area contributed by atoms with Crippen LogP contribution in [0.4, 0.5) is 17.3 Å². The fourth-order valence-corrected chi connectivity index (χ4v) is 3.60. The lowest BCUT2D eigenvalue weighted by molar-refractivity contribution is 0.102. The highest BCUT2D eigenvalue weighted by Crippen LogP contribution is 2.24. The lowest BCUT2D eigenvalue weighted by Crippen LogP contribution is -2.34. The summed E-state index contributed by atoms with van der Waals surface area (Å²) in [6.07, 6.45) is 3.95. The largest absolute Gasteiger partial charge is 0.372 e. The number of rotatable bonds is 6. The number of nitrogens with zero attached hydrogens (tertiary/aromatic N) is 4. The topological polar surface area (TPSA) is 61.4 Å². The highest BCUT2D eigenvalue weighted by Gasteiger charge is 2.19. The molecule has 0 aliphatic carbocycles. The molecule has 150 valence electrons. The van der Waals surface area contributed by atoms with Crippen LogP contribution in [0.15, 0.2) is 30.5 Å². The molecule has 0 radical (unpaired) electrons. The molecule has 0 atom stereocenters. The molecule has 3 rings (SSSR count). The van der Waals surface area contributed by atoms with Crippen LogP contribution in [0.2, 0.25) is 0 Å². The highest BCUT2D eigenvalue weighted by molar-refractivity contribution is 6.03. The summed E-state index contributed by atoms with van der Waals surface area (Å²) >= 11 is 0. The number of benzene rings is 1. The molecule has 0 saturated carbocycles. The molecule has 2 aromatic rings. The standard InChI is InChI=1S/C22H31N5O/c1-5-26(6-2)18-7-8-19(17(4)15-18)24-21(28)20-9-12-23-22(25-20)27-13-10-16(3)11-14-27/h7-9,12,15-16H,5-6,10-11,13-14H2,1-4H3,(H,24,28). The number of hydrogen-bond donors (Lipinski definition) is 1. The molecule has 1 amide bonds. The molecule has 1 saturated heterocycles. The van der Waals surface area contributed by atoms with E-state index in [9.17, 15) is 4.79 Å². The molecule has 0 bridgehead atoms. The number of piperidine rings is 1. The van der Waals surface area contributed by atoms with Crippen molar-refractivity contribution in [3.05, 3.63) is 41.7 Å². The van der Waals surface area contributed by atoms with E-state index in [1.165, 1.54) is 5.69 Å². The number of carbonyl (C=O) groups excluding carboxylic acids is 1. The molecule has 2 heterocycles. The van der Waals surface area contributed by atoms with E-state index in [0.717, 1.165) is 56.2 Å². The molecule has 1 aliphatic rings. The maximum absolute atomic E-state index is 12.8. The summed E-state index contributed by atoms with van der Waals surface area (Å²) < 4.78 is 0. The summed E-state index contributed by atoms with van der Waals surface area (Å²) in [7, 11) is 0. The van der Waals surface area contributed by atoms with E-state index in [-0.39, 0.29) is 5.91 Å². The Morgan fingerprint density at radius 2 is 1.93 bits per heavy atom. The van der Waals surface area contributed by atoms with E-state index in [4.69, 9.17) is 0 Å². The first-order valence-electron chi connectivity index (χ1n) is 10.3. The van der Waals surface area contributed by atoms with Crippen molar-refractivity contribution in [2.75, 3.05) is 41.3 Å². The fourth-order valence-electron chi connectivity index (χ4n) is 3.60. The first-order chi connectivity index (χ1) is 13.5. The number of amides is 1.